The molecule has 12 heavy (non-hydrogen) atoms. The van der Waals surface area contributed by atoms with Crippen molar-refractivity contribution in [3.8, 4) is 0 Å². The van der Waals surface area contributed by atoms with Crippen LogP contribution in [0.1, 0.15) is 0 Å². The Morgan fingerprint density at radius 3 is 1.33 bits per heavy atom. The molecule has 0 radical (unpaired) electrons. The van der Waals surface area contributed by atoms with Crippen LogP contribution in [0.25, 0.3) is 0 Å². The van der Waals surface area contributed by atoms with Crippen LogP contribution in [0.2, 0.25) is 0 Å². The van der Waals surface area contributed by atoms with Crippen molar-refractivity contribution >= 4 is 21.3 Å². The monoisotopic (exact) mass is 224 g/mol. The summed E-state index contributed by atoms with van der Waals surface area (Å²) in [4.78, 5) is 14.7. The van der Waals surface area contributed by atoms with Crippen LogP contribution >= 0.6 is 21.3 Å². The van der Waals surface area contributed by atoms with E-state index in [9.17, 15) is 4.53 Å². The van der Waals surface area contributed by atoms with Crippen LogP contribution in [-0.2, 0) is 9.29 Å². The predicted octanol–water partition coefficient (Wildman–Crippen LogP) is 0.415. The zero-order valence-electron chi connectivity index (χ0n) is 7.48. The van der Waals surface area contributed by atoms with Crippen molar-refractivity contribution in [3.05, 3.63) is 0 Å². The normalized spacial score (nSPS) is 10.9. The van der Waals surface area contributed by atoms with E-state index in [1.54, 1.807) is 0 Å². The molecule has 0 saturated heterocycles. The average Bonchev–Trinajstić information content (AvgIpc) is 1.59. The third-order valence-electron chi connectivity index (χ3n) is 0.0899. The van der Waals surface area contributed by atoms with Gasteiger partial charge in [-0.25, -0.2) is 4.57 Å². The number of hydrogen-bond acceptors (Lipinski definition) is 2. The molecule has 0 aromatic carbocycles. The number of halogens is 1. The van der Waals surface area contributed by atoms with E-state index >= 15 is 0 Å². The van der Waals surface area contributed by atoms with Gasteiger partial charge in [0.15, 0.2) is 0 Å². The van der Waals surface area contributed by atoms with E-state index in [0.29, 0.717) is 0 Å². The van der Waals surface area contributed by atoms with Crippen molar-refractivity contribution < 1.29 is 28.1 Å². The fourth-order valence-electron chi connectivity index (χ4n) is 0. The van der Waals surface area contributed by atoms with Crippen LogP contribution in [0.5, 0.6) is 0 Å². The van der Waals surface area contributed by atoms with E-state index in [4.69, 9.17) is 14.4 Å². The van der Waals surface area contributed by atoms with Crippen molar-refractivity contribution in [3.63, 3.8) is 0 Å². The molecule has 8 heteroatoms. The Labute approximate surface area is 78.3 Å². The summed E-state index contributed by atoms with van der Waals surface area (Å²) in [7, 11) is 3.69. The average molecular weight is 224 g/mol. The minimum atomic E-state index is -4.81. The molecule has 0 bridgehead atoms. The third kappa shape index (κ3) is 80.6. The minimum absolute atomic E-state index is 0. The van der Waals surface area contributed by atoms with Crippen LogP contribution < -0.4 is 0 Å². The second kappa shape index (κ2) is 6.82. The molecule has 0 aromatic rings. The van der Waals surface area contributed by atoms with Crippen LogP contribution in [0.4, 0.5) is 4.53 Å². The van der Waals surface area contributed by atoms with Gasteiger partial charge in [0.25, 0.3) is 0 Å². The van der Waals surface area contributed by atoms with Gasteiger partial charge in [-0.2, -0.15) is 13.5 Å². The van der Waals surface area contributed by atoms with Crippen molar-refractivity contribution in [2.45, 2.75) is 0 Å². The first-order valence-electron chi connectivity index (χ1n) is 2.71. The molecule has 0 aromatic heterocycles. The lowest BCUT2D eigenvalue weighted by molar-refractivity contribution is -0.849. The first kappa shape index (κ1) is 18.2. The summed E-state index contributed by atoms with van der Waals surface area (Å²) in [6.07, 6.45) is 0. The molecular weight excluding hydrogens is 208 g/mol. The molecule has 5 nitrogen and oxygen atoms in total. The van der Waals surface area contributed by atoms with Crippen LogP contribution in [-0.4, -0.2) is 42.5 Å². The molecule has 0 aliphatic heterocycles. The largest absolute Gasteiger partial charge is 0.500 e. The number of phosphoric acid groups is 1. The van der Waals surface area contributed by atoms with Crippen molar-refractivity contribution in [1.82, 2.24) is 0 Å². The highest BCUT2D eigenvalue weighted by molar-refractivity contribution is 7.59. The first-order chi connectivity index (χ1) is 4.56. The molecule has 0 saturated carbocycles. The molecule has 0 aliphatic rings. The summed E-state index contributed by atoms with van der Waals surface area (Å²) in [5.74, 6) is 0. The third-order valence-corrected chi connectivity index (χ3v) is 0.270. The Balaban J connectivity index is -0.000000126. The van der Waals surface area contributed by atoms with Crippen molar-refractivity contribution in [1.29, 1.82) is 0 Å². The predicted molar refractivity (Wildman–Crippen MR) is 48.6 cm³/mol. The van der Waals surface area contributed by atoms with Gasteiger partial charge in [-0.3, -0.25) is 0 Å². The van der Waals surface area contributed by atoms with Gasteiger partial charge in [0.1, 0.15) is 0 Å². The number of rotatable bonds is 1. The highest BCUT2D eigenvalue weighted by Crippen LogP contribution is 2.35. The summed E-state index contributed by atoms with van der Waals surface area (Å²) in [5, 5.41) is 0. The summed E-state index contributed by atoms with van der Waals surface area (Å²) in [6, 6.07) is 0. The van der Waals surface area contributed by atoms with E-state index in [0.717, 1.165) is 4.48 Å². The van der Waals surface area contributed by atoms with Gasteiger partial charge in [0.05, 0.1) is 28.2 Å². The summed E-state index contributed by atoms with van der Waals surface area (Å²) in [6.45, 7) is 0. The van der Waals surface area contributed by atoms with Crippen molar-refractivity contribution in [2.24, 2.45) is 0 Å². The molecule has 0 fully saturated rings. The molecule has 0 aliphatic carbocycles. The van der Waals surface area contributed by atoms with E-state index < -0.39 is 7.82 Å². The van der Waals surface area contributed by atoms with Gasteiger partial charge in [-0.1, -0.05) is 4.73 Å². The topological polar surface area (TPSA) is 66.8 Å². The first-order valence-corrected chi connectivity index (χ1v) is 4.24. The lowest BCUT2D eigenvalue weighted by Gasteiger charge is -2.14. The molecule has 0 spiro atoms. The highest BCUT2D eigenvalue weighted by Gasteiger charge is 2.12. The fourth-order valence-corrected chi connectivity index (χ4v) is 0. The van der Waals surface area contributed by atoms with E-state index in [2.05, 4.69) is 32.9 Å². The zero-order valence-corrected chi connectivity index (χ0v) is 9.38. The van der Waals surface area contributed by atoms with Gasteiger partial charge < -0.3 is 14.3 Å². The summed E-state index contributed by atoms with van der Waals surface area (Å²) < 4.78 is 22.4. The molecule has 0 heterocycles. The molecular formula is C4H16FNO4PS+. The number of quaternary nitrogens is 1. The van der Waals surface area contributed by atoms with Crippen LogP contribution in [0, 0.1) is 0 Å². The summed E-state index contributed by atoms with van der Waals surface area (Å²) in [5.41, 5.74) is 0. The summed E-state index contributed by atoms with van der Waals surface area (Å²) >= 11 is 0. The SMILES string of the molecule is C[N+](C)(C)C.O=P(O)(O)OF.S. The zero-order chi connectivity index (χ0) is 9.71. The Morgan fingerprint density at radius 2 is 1.33 bits per heavy atom. The van der Waals surface area contributed by atoms with Gasteiger partial charge >= 0.3 is 7.82 Å². The van der Waals surface area contributed by atoms with E-state index in [1.165, 1.54) is 0 Å². The molecule has 0 unspecified atom stereocenters. The maximum atomic E-state index is 10.2. The second-order valence-corrected chi connectivity index (χ2v) is 4.36. The lowest BCUT2D eigenvalue weighted by atomic mass is 10.8. The molecule has 0 amide bonds. The smallest absolute Gasteiger partial charge is 0.333 e. The Bertz CT molecular complexity index is 138. The number of nitrogens with zero attached hydrogens (tertiary/aromatic N) is 1. The minimum Gasteiger partial charge on any atom is -0.333 e. The fraction of sp³-hybridized carbons (Fsp3) is 1.00. The van der Waals surface area contributed by atoms with Gasteiger partial charge in [-0.05, 0) is 4.53 Å². The van der Waals surface area contributed by atoms with E-state index in [-0.39, 0.29) is 13.5 Å². The standard InChI is InChI=1S/C4H12N.FH2O4P.H2S/c1-5(2,3)4;1-5-6(2,3)4;/h1-4H3;(H2,2,3,4);1H2/q+1;;. The molecule has 0 rings (SSSR count). The van der Waals surface area contributed by atoms with Gasteiger partial charge in [0, 0.05) is 0 Å². The van der Waals surface area contributed by atoms with E-state index in [1.807, 2.05) is 0 Å². The molecule has 78 valence electrons. The highest BCUT2D eigenvalue weighted by atomic mass is 32.1. The second-order valence-electron chi connectivity index (χ2n) is 3.24. The number of hydrogen-bond donors (Lipinski definition) is 2. The van der Waals surface area contributed by atoms with Crippen LogP contribution in [0.3, 0.4) is 0 Å². The maximum Gasteiger partial charge on any atom is 0.500 e. The molecule has 2 N–H and O–H groups in total. The van der Waals surface area contributed by atoms with Crippen molar-refractivity contribution in [2.75, 3.05) is 28.2 Å². The Hall–Kier alpha value is 0.350. The van der Waals surface area contributed by atoms with Gasteiger partial charge in [0.2, 0.25) is 0 Å². The maximum absolute atomic E-state index is 10.2. The molecule has 0 atom stereocenters. The Kier molecular flexibility index (Phi) is 10.3. The van der Waals surface area contributed by atoms with Gasteiger partial charge in [-0.15, -0.1) is 0 Å². The van der Waals surface area contributed by atoms with Crippen LogP contribution in [0.15, 0.2) is 0 Å². The lowest BCUT2D eigenvalue weighted by Crippen LogP contribution is -2.27. The quantitative estimate of drug-likeness (QED) is 0.500. The Morgan fingerprint density at radius 1 is 1.25 bits per heavy atom.